The Bertz CT molecular complexity index is 670. The first-order valence-electron chi connectivity index (χ1n) is 6.82. The lowest BCUT2D eigenvalue weighted by Crippen LogP contribution is -2.29. The summed E-state index contributed by atoms with van der Waals surface area (Å²) in [5, 5.41) is 6.24. The number of hydrogen-bond acceptors (Lipinski definition) is 4. The van der Waals surface area contributed by atoms with Crippen molar-refractivity contribution in [2.24, 2.45) is 5.10 Å². The van der Waals surface area contributed by atoms with Crippen LogP contribution >= 0.6 is 12.2 Å². The minimum atomic E-state index is -0.00786. The molecule has 3 nitrogen and oxygen atoms in total. The Morgan fingerprint density at radius 2 is 1.81 bits per heavy atom. The number of thiocarbonyl (C=S) groups is 1. The van der Waals surface area contributed by atoms with Crippen molar-refractivity contribution in [1.82, 2.24) is 5.43 Å². The van der Waals surface area contributed by atoms with Crippen LogP contribution in [0.1, 0.15) is 17.0 Å². The molecule has 1 aliphatic heterocycles. The Morgan fingerprint density at radius 1 is 1.10 bits per heavy atom. The first-order valence-corrected chi connectivity index (χ1v) is 7.29. The maximum atomic E-state index is 5.50. The summed E-state index contributed by atoms with van der Waals surface area (Å²) in [5.74, 6) is 0.915. The highest BCUT2D eigenvalue weighted by Crippen LogP contribution is 2.34. The van der Waals surface area contributed by atoms with Gasteiger partial charge in [-0.1, -0.05) is 60.7 Å². The normalized spacial score (nSPS) is 20.5. The smallest absolute Gasteiger partial charge is 0.122 e. The van der Waals surface area contributed by atoms with Crippen LogP contribution in [0.15, 0.2) is 59.7 Å². The summed E-state index contributed by atoms with van der Waals surface area (Å²) in [7, 11) is 1.69. The second kappa shape index (κ2) is 6.06. The van der Waals surface area contributed by atoms with E-state index in [0.717, 1.165) is 22.6 Å². The van der Waals surface area contributed by atoms with E-state index in [2.05, 4.69) is 28.7 Å². The molecule has 0 spiro atoms. The molecule has 3 rings (SSSR count). The topological polar surface area (TPSA) is 33.6 Å². The van der Waals surface area contributed by atoms with Crippen molar-refractivity contribution < 1.29 is 4.74 Å². The zero-order chi connectivity index (χ0) is 14.7. The lowest BCUT2D eigenvalue weighted by atomic mass is 9.85. The molecular formula is C17H16N2OS. The number of hydrogen-bond donors (Lipinski definition) is 1. The quantitative estimate of drug-likeness (QED) is 0.880. The first-order chi connectivity index (χ1) is 10.3. The third-order valence-corrected chi connectivity index (χ3v) is 3.97. The largest absolute Gasteiger partial charge is 0.496 e. The standard InChI is InChI=1S/C17H16N2OS/c1-20-15-10-6-5-9-13(15)16-14(11-21)18-19-17(16)12-7-3-2-4-8-12/h2-11,14,16,18H,1H3. The molecule has 0 saturated carbocycles. The molecule has 0 saturated heterocycles. The molecule has 0 aromatic heterocycles. The lowest BCUT2D eigenvalue weighted by Gasteiger charge is -2.20. The highest BCUT2D eigenvalue weighted by molar-refractivity contribution is 7.79. The SMILES string of the molecule is COc1ccccc1C1C(c2ccccc2)=NNC1C=S. The third-order valence-electron chi connectivity index (χ3n) is 3.68. The van der Waals surface area contributed by atoms with E-state index in [1.165, 1.54) is 0 Å². The molecule has 2 aromatic carbocycles. The van der Waals surface area contributed by atoms with Crippen molar-refractivity contribution >= 4 is 23.3 Å². The van der Waals surface area contributed by atoms with Gasteiger partial charge in [-0.25, -0.2) is 0 Å². The van der Waals surface area contributed by atoms with Gasteiger partial charge in [0.25, 0.3) is 0 Å². The van der Waals surface area contributed by atoms with Crippen LogP contribution in [0.5, 0.6) is 5.75 Å². The van der Waals surface area contributed by atoms with Crippen LogP contribution in [0.2, 0.25) is 0 Å². The summed E-state index contributed by atoms with van der Waals surface area (Å²) in [4.78, 5) is 0. The van der Waals surface area contributed by atoms with E-state index in [9.17, 15) is 0 Å². The molecule has 2 unspecified atom stereocenters. The Morgan fingerprint density at radius 3 is 2.52 bits per heavy atom. The van der Waals surface area contributed by atoms with Crippen LogP contribution in [0, 0.1) is 0 Å². The lowest BCUT2D eigenvalue weighted by molar-refractivity contribution is 0.408. The summed E-state index contributed by atoms with van der Waals surface area (Å²) >= 11 is 5.17. The molecule has 0 aliphatic carbocycles. The van der Waals surface area contributed by atoms with Gasteiger partial charge in [-0.15, -0.1) is 0 Å². The van der Waals surface area contributed by atoms with Crippen LogP contribution in [-0.4, -0.2) is 24.2 Å². The molecule has 1 N–H and O–H groups in total. The fourth-order valence-electron chi connectivity index (χ4n) is 2.68. The molecule has 0 amide bonds. The molecule has 0 fully saturated rings. The fraction of sp³-hybridized carbons (Fsp3) is 0.176. The van der Waals surface area contributed by atoms with Crippen LogP contribution < -0.4 is 10.2 Å². The molecule has 4 heteroatoms. The number of nitrogens with one attached hydrogen (secondary N) is 1. The Kier molecular flexibility index (Phi) is 3.97. The molecule has 106 valence electrons. The van der Waals surface area contributed by atoms with Gasteiger partial charge in [0.15, 0.2) is 0 Å². The maximum absolute atomic E-state index is 5.50. The second-order valence-electron chi connectivity index (χ2n) is 4.87. The third kappa shape index (κ3) is 2.54. The molecule has 0 radical (unpaired) electrons. The fourth-order valence-corrected chi connectivity index (χ4v) is 2.90. The van der Waals surface area contributed by atoms with Gasteiger partial charge in [-0.05, 0) is 11.6 Å². The van der Waals surface area contributed by atoms with E-state index in [1.54, 1.807) is 12.5 Å². The molecule has 2 aromatic rings. The van der Waals surface area contributed by atoms with E-state index in [1.807, 2.05) is 36.4 Å². The molecule has 0 bridgehead atoms. The van der Waals surface area contributed by atoms with Crippen molar-refractivity contribution in [2.45, 2.75) is 12.0 Å². The number of rotatable bonds is 4. The number of methoxy groups -OCH3 is 1. The van der Waals surface area contributed by atoms with Crippen molar-refractivity contribution in [3.05, 3.63) is 65.7 Å². The van der Waals surface area contributed by atoms with Crippen molar-refractivity contribution in [3.63, 3.8) is 0 Å². The van der Waals surface area contributed by atoms with Crippen molar-refractivity contribution in [3.8, 4) is 5.75 Å². The number of nitrogens with zero attached hydrogens (tertiary/aromatic N) is 1. The Balaban J connectivity index is 2.07. The first kappa shape index (κ1) is 13.8. The Hall–Kier alpha value is -2.20. The van der Waals surface area contributed by atoms with Gasteiger partial charge in [0, 0.05) is 10.9 Å². The van der Waals surface area contributed by atoms with Crippen molar-refractivity contribution in [2.75, 3.05) is 7.11 Å². The number of para-hydroxylation sites is 1. The number of benzene rings is 2. The van der Waals surface area contributed by atoms with Gasteiger partial charge in [-0.2, -0.15) is 5.10 Å². The van der Waals surface area contributed by atoms with E-state index in [-0.39, 0.29) is 12.0 Å². The van der Waals surface area contributed by atoms with E-state index >= 15 is 0 Å². The van der Waals surface area contributed by atoms with Gasteiger partial charge in [0.2, 0.25) is 0 Å². The predicted molar refractivity (Wildman–Crippen MR) is 89.3 cm³/mol. The predicted octanol–water partition coefficient (Wildman–Crippen LogP) is 3.15. The minimum Gasteiger partial charge on any atom is -0.496 e. The van der Waals surface area contributed by atoms with Gasteiger partial charge in [0.05, 0.1) is 24.8 Å². The van der Waals surface area contributed by atoms with Gasteiger partial charge < -0.3 is 10.2 Å². The molecule has 1 heterocycles. The highest BCUT2D eigenvalue weighted by atomic mass is 32.1. The van der Waals surface area contributed by atoms with Crippen LogP contribution in [0.3, 0.4) is 0 Å². The van der Waals surface area contributed by atoms with Crippen LogP contribution in [-0.2, 0) is 0 Å². The second-order valence-corrected chi connectivity index (χ2v) is 5.15. The average Bonchev–Trinajstić information content (AvgIpc) is 2.99. The highest BCUT2D eigenvalue weighted by Gasteiger charge is 2.34. The van der Waals surface area contributed by atoms with E-state index < -0.39 is 0 Å². The van der Waals surface area contributed by atoms with Crippen LogP contribution in [0.25, 0.3) is 0 Å². The Labute approximate surface area is 129 Å². The maximum Gasteiger partial charge on any atom is 0.122 e. The zero-order valence-electron chi connectivity index (χ0n) is 11.7. The summed E-state index contributed by atoms with van der Waals surface area (Å²) in [6.45, 7) is 0. The van der Waals surface area contributed by atoms with Gasteiger partial charge in [-0.3, -0.25) is 0 Å². The number of hydrazone groups is 1. The summed E-state index contributed by atoms with van der Waals surface area (Å²) < 4.78 is 5.50. The molecule has 21 heavy (non-hydrogen) atoms. The van der Waals surface area contributed by atoms with Gasteiger partial charge >= 0.3 is 0 Å². The summed E-state index contributed by atoms with van der Waals surface area (Å²) in [5.41, 5.74) is 6.31. The zero-order valence-corrected chi connectivity index (χ0v) is 12.5. The molecular weight excluding hydrogens is 280 g/mol. The van der Waals surface area contributed by atoms with Gasteiger partial charge in [0.1, 0.15) is 5.75 Å². The summed E-state index contributed by atoms with van der Waals surface area (Å²) in [6, 6.07) is 18.2. The van der Waals surface area contributed by atoms with Crippen LogP contribution in [0.4, 0.5) is 0 Å². The molecule has 1 aliphatic rings. The van der Waals surface area contributed by atoms with Crippen molar-refractivity contribution in [1.29, 1.82) is 0 Å². The minimum absolute atomic E-state index is 0.00786. The molecule has 2 atom stereocenters. The average molecular weight is 296 g/mol. The summed E-state index contributed by atoms with van der Waals surface area (Å²) in [6.07, 6.45) is 0. The van der Waals surface area contributed by atoms with E-state index in [0.29, 0.717) is 0 Å². The monoisotopic (exact) mass is 296 g/mol. The van der Waals surface area contributed by atoms with E-state index in [4.69, 9.17) is 17.0 Å². The number of ether oxygens (including phenoxy) is 1.